The zero-order valence-electron chi connectivity index (χ0n) is 9.91. The summed E-state index contributed by atoms with van der Waals surface area (Å²) in [6.07, 6.45) is 4.46. The minimum atomic E-state index is 0.270. The van der Waals surface area contributed by atoms with Crippen LogP contribution in [0.4, 0.5) is 0 Å². The fourth-order valence-electron chi connectivity index (χ4n) is 0.646. The first-order valence-electron chi connectivity index (χ1n) is 4.79. The summed E-state index contributed by atoms with van der Waals surface area (Å²) < 4.78 is 2.79. The Labute approximate surface area is 116 Å². The van der Waals surface area contributed by atoms with E-state index in [2.05, 4.69) is 98.9 Å². The molecule has 0 heterocycles. The number of hydrogen-bond acceptors (Lipinski definition) is 0. The van der Waals surface area contributed by atoms with E-state index < -0.39 is 0 Å². The van der Waals surface area contributed by atoms with Gasteiger partial charge in [0.1, 0.15) is 0 Å². The van der Waals surface area contributed by atoms with E-state index in [0.717, 1.165) is 0 Å². The van der Waals surface area contributed by atoms with Crippen molar-refractivity contribution in [1.29, 1.82) is 0 Å². The van der Waals surface area contributed by atoms with Crippen LogP contribution in [0.15, 0.2) is 19.3 Å². The van der Waals surface area contributed by atoms with Crippen molar-refractivity contribution in [2.24, 2.45) is 10.8 Å². The van der Waals surface area contributed by atoms with Gasteiger partial charge in [0.25, 0.3) is 0 Å². The molecule has 0 atom stereocenters. The second kappa shape index (κ2) is 5.32. The molecule has 0 nitrogen and oxygen atoms in total. The largest absolute Gasteiger partial charge is 0.0556 e. The van der Waals surface area contributed by atoms with Gasteiger partial charge in [-0.15, -0.1) is 0 Å². The molecule has 0 N–H and O–H groups in total. The van der Waals surface area contributed by atoms with Crippen LogP contribution in [0.5, 0.6) is 0 Å². The van der Waals surface area contributed by atoms with Gasteiger partial charge in [0.15, 0.2) is 0 Å². The van der Waals surface area contributed by atoms with Crippen molar-refractivity contribution >= 4 is 45.2 Å². The van der Waals surface area contributed by atoms with Crippen LogP contribution in [-0.4, -0.2) is 0 Å². The Bertz CT molecular complexity index is 218. The molecule has 0 saturated carbocycles. The van der Waals surface area contributed by atoms with Crippen LogP contribution in [0.1, 0.15) is 41.5 Å². The Hall–Kier alpha value is 0.940. The zero-order valence-corrected chi connectivity index (χ0v) is 14.2. The third-order valence-corrected chi connectivity index (χ3v) is 5.76. The lowest BCUT2D eigenvalue weighted by Crippen LogP contribution is -2.05. The SMILES string of the molecule is CC(C)(C)/C(I)=C/C=C(\I)C(C)(C)C. The molecule has 0 aromatic rings. The minimum Gasteiger partial charge on any atom is -0.0556 e. The van der Waals surface area contributed by atoms with Crippen LogP contribution in [0.3, 0.4) is 0 Å². The van der Waals surface area contributed by atoms with Crippen molar-refractivity contribution in [3.63, 3.8) is 0 Å². The average Bonchev–Trinajstić information content (AvgIpc) is 1.95. The Kier molecular flexibility index (Phi) is 5.68. The third kappa shape index (κ3) is 5.73. The van der Waals surface area contributed by atoms with Crippen LogP contribution >= 0.6 is 45.2 Å². The van der Waals surface area contributed by atoms with E-state index >= 15 is 0 Å². The number of hydrogen-bond donors (Lipinski definition) is 0. The molecule has 0 aromatic heterocycles. The maximum atomic E-state index is 2.42. The summed E-state index contributed by atoms with van der Waals surface area (Å²) in [5.74, 6) is 0. The first-order chi connectivity index (χ1) is 6.05. The zero-order chi connectivity index (χ0) is 11.6. The molecule has 2 heteroatoms. The van der Waals surface area contributed by atoms with Crippen molar-refractivity contribution in [3.8, 4) is 0 Å². The number of halogens is 2. The van der Waals surface area contributed by atoms with Crippen LogP contribution in [0.2, 0.25) is 0 Å². The van der Waals surface area contributed by atoms with Crippen LogP contribution in [0, 0.1) is 10.8 Å². The van der Waals surface area contributed by atoms with Gasteiger partial charge in [0.2, 0.25) is 0 Å². The predicted octanol–water partition coefficient (Wildman–Crippen LogP) is 5.72. The molecule has 0 aromatic carbocycles. The fraction of sp³-hybridized carbons (Fsp3) is 0.667. The number of rotatable bonds is 1. The first kappa shape index (κ1) is 14.9. The molecule has 0 aliphatic heterocycles. The van der Waals surface area contributed by atoms with Crippen LogP contribution < -0.4 is 0 Å². The molecular formula is C12H20I2. The van der Waals surface area contributed by atoms with Gasteiger partial charge in [-0.2, -0.15) is 0 Å². The standard InChI is InChI=1S/C12H20I2/c1-11(2,3)9(13)7-8-10(14)12(4,5)6/h7-8H,1-6H3/b9-7-,10-8-. The Balaban J connectivity index is 4.73. The topological polar surface area (TPSA) is 0 Å². The van der Waals surface area contributed by atoms with Gasteiger partial charge >= 0.3 is 0 Å². The van der Waals surface area contributed by atoms with Crippen molar-refractivity contribution in [1.82, 2.24) is 0 Å². The first-order valence-corrected chi connectivity index (χ1v) is 6.95. The van der Waals surface area contributed by atoms with E-state index in [1.165, 1.54) is 7.16 Å². The molecule has 0 radical (unpaired) electrons. The van der Waals surface area contributed by atoms with Crippen molar-refractivity contribution < 1.29 is 0 Å². The van der Waals surface area contributed by atoms with Crippen LogP contribution in [-0.2, 0) is 0 Å². The molecule has 0 saturated heterocycles. The maximum absolute atomic E-state index is 2.42. The number of allylic oxidation sites excluding steroid dienone is 4. The highest BCUT2D eigenvalue weighted by atomic mass is 127. The van der Waals surface area contributed by atoms with Gasteiger partial charge in [0, 0.05) is 0 Å². The van der Waals surface area contributed by atoms with Crippen molar-refractivity contribution in [3.05, 3.63) is 19.3 Å². The lowest BCUT2D eigenvalue weighted by molar-refractivity contribution is 0.534. The van der Waals surface area contributed by atoms with E-state index in [9.17, 15) is 0 Å². The fourth-order valence-corrected chi connectivity index (χ4v) is 1.01. The molecule has 0 spiro atoms. The van der Waals surface area contributed by atoms with Crippen molar-refractivity contribution in [2.75, 3.05) is 0 Å². The van der Waals surface area contributed by atoms with E-state index in [1.807, 2.05) is 0 Å². The molecule has 82 valence electrons. The molecule has 0 fully saturated rings. The Morgan fingerprint density at radius 1 is 0.714 bits per heavy atom. The molecule has 0 amide bonds. The highest BCUT2D eigenvalue weighted by Crippen LogP contribution is 2.34. The van der Waals surface area contributed by atoms with E-state index in [4.69, 9.17) is 0 Å². The average molecular weight is 418 g/mol. The molecule has 0 bridgehead atoms. The summed E-state index contributed by atoms with van der Waals surface area (Å²) in [6.45, 7) is 13.4. The summed E-state index contributed by atoms with van der Waals surface area (Å²) in [6, 6.07) is 0. The minimum absolute atomic E-state index is 0.270. The van der Waals surface area contributed by atoms with Gasteiger partial charge in [-0.1, -0.05) is 53.7 Å². The van der Waals surface area contributed by atoms with Gasteiger partial charge in [-0.3, -0.25) is 0 Å². The van der Waals surface area contributed by atoms with Gasteiger partial charge in [0.05, 0.1) is 0 Å². The van der Waals surface area contributed by atoms with Crippen molar-refractivity contribution in [2.45, 2.75) is 41.5 Å². The lowest BCUT2D eigenvalue weighted by Gasteiger charge is -2.19. The molecule has 0 aliphatic rings. The molecule has 0 rings (SSSR count). The van der Waals surface area contributed by atoms with Gasteiger partial charge < -0.3 is 0 Å². The maximum Gasteiger partial charge on any atom is -0.00402 e. The van der Waals surface area contributed by atoms with E-state index in [0.29, 0.717) is 0 Å². The predicted molar refractivity (Wildman–Crippen MR) is 83.1 cm³/mol. The summed E-state index contributed by atoms with van der Waals surface area (Å²) in [7, 11) is 0. The van der Waals surface area contributed by atoms with Gasteiger partial charge in [-0.25, -0.2) is 0 Å². The monoisotopic (exact) mass is 418 g/mol. The molecule has 14 heavy (non-hydrogen) atoms. The molecule has 0 unspecified atom stereocenters. The molecule has 0 aliphatic carbocycles. The Morgan fingerprint density at radius 2 is 0.929 bits per heavy atom. The summed E-state index contributed by atoms with van der Waals surface area (Å²) in [5, 5.41) is 0. The van der Waals surface area contributed by atoms with E-state index in [1.54, 1.807) is 0 Å². The summed E-state index contributed by atoms with van der Waals surface area (Å²) in [5.41, 5.74) is 0.539. The lowest BCUT2D eigenvalue weighted by atomic mass is 9.94. The van der Waals surface area contributed by atoms with Crippen LogP contribution in [0.25, 0.3) is 0 Å². The van der Waals surface area contributed by atoms with E-state index in [-0.39, 0.29) is 10.8 Å². The summed E-state index contributed by atoms with van der Waals surface area (Å²) >= 11 is 4.85. The third-order valence-electron chi connectivity index (χ3n) is 1.81. The highest BCUT2D eigenvalue weighted by molar-refractivity contribution is 14.1. The van der Waals surface area contributed by atoms with Gasteiger partial charge in [-0.05, 0) is 63.2 Å². The second-order valence-corrected chi connectivity index (χ2v) is 7.85. The quantitative estimate of drug-likeness (QED) is 0.378. The highest BCUT2D eigenvalue weighted by Gasteiger charge is 2.15. The normalized spacial score (nSPS) is 16.0. The second-order valence-electron chi connectivity index (χ2n) is 5.53. The Morgan fingerprint density at radius 3 is 1.07 bits per heavy atom. The smallest absolute Gasteiger partial charge is 0.00402 e. The molecular weight excluding hydrogens is 398 g/mol. The summed E-state index contributed by atoms with van der Waals surface area (Å²) in [4.78, 5) is 0.